The van der Waals surface area contributed by atoms with E-state index < -0.39 is 5.06 Å². The molecule has 0 saturated carbocycles. The Bertz CT molecular complexity index is 289. The summed E-state index contributed by atoms with van der Waals surface area (Å²) in [5, 5.41) is 15.8. The van der Waals surface area contributed by atoms with E-state index in [0.29, 0.717) is 0 Å². The van der Waals surface area contributed by atoms with E-state index >= 15 is 0 Å². The first-order valence-corrected chi connectivity index (χ1v) is 3.88. The minimum Gasteiger partial charge on any atom is -0.363 e. The molecule has 0 aliphatic rings. The van der Waals surface area contributed by atoms with Crippen LogP contribution in [-0.2, 0) is 6.42 Å². The molecule has 0 amide bonds. The van der Waals surface area contributed by atoms with Gasteiger partial charge in [0, 0.05) is 6.42 Å². The maximum atomic E-state index is 9.18. The number of hydrogen-bond acceptors (Lipinski definition) is 2. The molecular formula is C9H8ClNO. The van der Waals surface area contributed by atoms with Crippen molar-refractivity contribution in [2.75, 3.05) is 0 Å². The second kappa shape index (κ2) is 3.57. The van der Waals surface area contributed by atoms with E-state index in [1.54, 1.807) is 6.07 Å². The Morgan fingerprint density at radius 2 is 2.00 bits per heavy atom. The minimum absolute atomic E-state index is 0.145. The van der Waals surface area contributed by atoms with E-state index in [1.807, 2.05) is 30.3 Å². The van der Waals surface area contributed by atoms with Gasteiger partial charge in [0.2, 0.25) is 5.06 Å². The van der Waals surface area contributed by atoms with E-state index in [2.05, 4.69) is 0 Å². The van der Waals surface area contributed by atoms with Gasteiger partial charge in [-0.1, -0.05) is 41.9 Å². The van der Waals surface area contributed by atoms with Crippen molar-refractivity contribution in [2.24, 2.45) is 0 Å². The number of benzene rings is 1. The van der Waals surface area contributed by atoms with E-state index in [0.717, 1.165) is 5.56 Å². The first-order chi connectivity index (χ1) is 5.64. The van der Waals surface area contributed by atoms with Crippen LogP contribution in [0.2, 0.25) is 0 Å². The van der Waals surface area contributed by atoms with E-state index in [1.165, 1.54) is 0 Å². The first-order valence-electron chi connectivity index (χ1n) is 3.50. The SMILES string of the molecule is N#CC(O)(Cl)Cc1ccccc1. The summed E-state index contributed by atoms with van der Waals surface area (Å²) in [6.07, 6.45) is 0.145. The molecule has 2 nitrogen and oxygen atoms in total. The molecule has 12 heavy (non-hydrogen) atoms. The molecular weight excluding hydrogens is 174 g/mol. The van der Waals surface area contributed by atoms with Crippen molar-refractivity contribution in [1.29, 1.82) is 5.26 Å². The van der Waals surface area contributed by atoms with Crippen molar-refractivity contribution in [1.82, 2.24) is 0 Å². The molecule has 0 bridgehead atoms. The number of rotatable bonds is 2. The van der Waals surface area contributed by atoms with Crippen LogP contribution in [-0.4, -0.2) is 10.2 Å². The molecule has 0 spiro atoms. The Morgan fingerprint density at radius 3 is 2.50 bits per heavy atom. The van der Waals surface area contributed by atoms with Crippen molar-refractivity contribution >= 4 is 11.6 Å². The van der Waals surface area contributed by atoms with Crippen molar-refractivity contribution < 1.29 is 5.11 Å². The Balaban J connectivity index is 2.72. The molecule has 0 aromatic heterocycles. The maximum Gasteiger partial charge on any atom is 0.230 e. The fraction of sp³-hybridized carbons (Fsp3) is 0.222. The molecule has 0 heterocycles. The summed E-state index contributed by atoms with van der Waals surface area (Å²) in [6, 6.07) is 10.8. The third-order valence-corrected chi connectivity index (χ3v) is 1.67. The van der Waals surface area contributed by atoms with E-state index in [-0.39, 0.29) is 6.42 Å². The number of alkyl halides is 1. The number of halogens is 1. The summed E-state index contributed by atoms with van der Waals surface area (Å²) in [7, 11) is 0. The second-order valence-electron chi connectivity index (χ2n) is 2.53. The van der Waals surface area contributed by atoms with Crippen LogP contribution in [0.1, 0.15) is 5.56 Å². The smallest absolute Gasteiger partial charge is 0.230 e. The molecule has 0 fully saturated rings. The standard InChI is InChI=1S/C9H8ClNO/c10-9(12,7-11)6-8-4-2-1-3-5-8/h1-5,12H,6H2. The lowest BCUT2D eigenvalue weighted by Crippen LogP contribution is -2.20. The van der Waals surface area contributed by atoms with Gasteiger partial charge >= 0.3 is 0 Å². The summed E-state index contributed by atoms with van der Waals surface area (Å²) >= 11 is 5.45. The van der Waals surface area contributed by atoms with Gasteiger partial charge in [0.05, 0.1) is 0 Å². The average Bonchev–Trinajstić information content (AvgIpc) is 2.06. The van der Waals surface area contributed by atoms with Crippen LogP contribution in [0.5, 0.6) is 0 Å². The highest BCUT2D eigenvalue weighted by atomic mass is 35.5. The summed E-state index contributed by atoms with van der Waals surface area (Å²) < 4.78 is 0. The first kappa shape index (κ1) is 9.05. The number of aliphatic hydroxyl groups is 1. The van der Waals surface area contributed by atoms with Crippen LogP contribution in [0.4, 0.5) is 0 Å². The van der Waals surface area contributed by atoms with Gasteiger partial charge in [-0.05, 0) is 5.56 Å². The molecule has 1 aromatic rings. The lowest BCUT2D eigenvalue weighted by molar-refractivity contribution is 0.187. The van der Waals surface area contributed by atoms with Gasteiger partial charge < -0.3 is 5.11 Å². The van der Waals surface area contributed by atoms with Gasteiger partial charge in [0.25, 0.3) is 0 Å². The normalized spacial score (nSPS) is 14.8. The van der Waals surface area contributed by atoms with Gasteiger partial charge in [-0.3, -0.25) is 0 Å². The van der Waals surface area contributed by atoms with Crippen LogP contribution in [0.3, 0.4) is 0 Å². The minimum atomic E-state index is -1.78. The average molecular weight is 182 g/mol. The third kappa shape index (κ3) is 2.54. The zero-order chi connectivity index (χ0) is 9.03. The molecule has 1 aromatic carbocycles. The quantitative estimate of drug-likeness (QED) is 0.557. The molecule has 0 radical (unpaired) electrons. The lowest BCUT2D eigenvalue weighted by atomic mass is 10.1. The van der Waals surface area contributed by atoms with E-state index in [4.69, 9.17) is 16.9 Å². The summed E-state index contributed by atoms with van der Waals surface area (Å²) in [6.45, 7) is 0. The summed E-state index contributed by atoms with van der Waals surface area (Å²) in [5.74, 6) is 0. The molecule has 3 heteroatoms. The Morgan fingerprint density at radius 1 is 1.42 bits per heavy atom. The second-order valence-corrected chi connectivity index (χ2v) is 3.16. The number of hydrogen-bond donors (Lipinski definition) is 1. The third-order valence-electron chi connectivity index (χ3n) is 1.45. The highest BCUT2D eigenvalue weighted by molar-refractivity contribution is 6.24. The Labute approximate surface area is 76.0 Å². The Hall–Kier alpha value is -1.04. The molecule has 1 unspecified atom stereocenters. The van der Waals surface area contributed by atoms with Crippen LogP contribution in [0.15, 0.2) is 30.3 Å². The van der Waals surface area contributed by atoms with Gasteiger partial charge in [-0.25, -0.2) is 0 Å². The molecule has 1 atom stereocenters. The van der Waals surface area contributed by atoms with Gasteiger partial charge in [0.15, 0.2) is 0 Å². The van der Waals surface area contributed by atoms with Gasteiger partial charge in [0.1, 0.15) is 6.07 Å². The molecule has 0 saturated heterocycles. The number of nitrogens with zero attached hydrogens (tertiary/aromatic N) is 1. The van der Waals surface area contributed by atoms with Crippen LogP contribution >= 0.6 is 11.6 Å². The van der Waals surface area contributed by atoms with Gasteiger partial charge in [-0.15, -0.1) is 0 Å². The molecule has 1 N–H and O–H groups in total. The molecule has 1 rings (SSSR count). The molecule has 62 valence electrons. The van der Waals surface area contributed by atoms with Crippen LogP contribution in [0, 0.1) is 11.3 Å². The topological polar surface area (TPSA) is 44.0 Å². The fourth-order valence-electron chi connectivity index (χ4n) is 0.906. The van der Waals surface area contributed by atoms with Crippen molar-refractivity contribution in [3.63, 3.8) is 0 Å². The number of nitriles is 1. The monoisotopic (exact) mass is 181 g/mol. The van der Waals surface area contributed by atoms with Crippen LogP contribution in [0.25, 0.3) is 0 Å². The van der Waals surface area contributed by atoms with E-state index in [9.17, 15) is 5.11 Å². The summed E-state index contributed by atoms with van der Waals surface area (Å²) in [4.78, 5) is 0. The van der Waals surface area contributed by atoms with Crippen molar-refractivity contribution in [2.45, 2.75) is 11.5 Å². The van der Waals surface area contributed by atoms with Crippen LogP contribution < -0.4 is 0 Å². The maximum absolute atomic E-state index is 9.18. The predicted octanol–water partition coefficient (Wildman–Crippen LogP) is 1.68. The molecule has 0 aliphatic carbocycles. The Kier molecular flexibility index (Phi) is 2.69. The van der Waals surface area contributed by atoms with Gasteiger partial charge in [-0.2, -0.15) is 5.26 Å². The zero-order valence-corrected chi connectivity index (χ0v) is 7.12. The van der Waals surface area contributed by atoms with Crippen molar-refractivity contribution in [3.05, 3.63) is 35.9 Å². The highest BCUT2D eigenvalue weighted by Crippen LogP contribution is 2.16. The molecule has 0 aliphatic heterocycles. The highest BCUT2D eigenvalue weighted by Gasteiger charge is 2.22. The lowest BCUT2D eigenvalue weighted by Gasteiger charge is -2.10. The largest absolute Gasteiger partial charge is 0.363 e. The zero-order valence-electron chi connectivity index (χ0n) is 6.37. The predicted molar refractivity (Wildman–Crippen MR) is 46.6 cm³/mol. The summed E-state index contributed by atoms with van der Waals surface area (Å²) in [5.41, 5.74) is 0.844. The fourth-order valence-corrected chi connectivity index (χ4v) is 1.06. The van der Waals surface area contributed by atoms with Crippen molar-refractivity contribution in [3.8, 4) is 6.07 Å².